The van der Waals surface area contributed by atoms with Gasteiger partial charge in [-0.25, -0.2) is 24.5 Å². The zero-order valence-electron chi connectivity index (χ0n) is 27.0. The van der Waals surface area contributed by atoms with Gasteiger partial charge in [-0.3, -0.25) is 4.79 Å². The van der Waals surface area contributed by atoms with Crippen molar-refractivity contribution in [2.45, 2.75) is 128 Å². The highest BCUT2D eigenvalue weighted by molar-refractivity contribution is 7.10. The number of fused-ring (bicyclic) bond motifs is 4. The standard InChI is InChI=1S/C18H23NO4S.C16H22O5/c1-10-4-5-13-11(2)14(15-19-8-9-24-15)20-16-18(13)12(10)6-7-17(3,21-16)22-23-18;1-9-4-5-12-10(2)13(8-17)18-14-16(12)11(9)6-7-15(3,19-14)20-21-16/h8-10,12-13,16H,4-7H2,1-3H3;8-9,11-12,14H,4-7H2,1-3H3/t10-,12+,13+,16-,17-,18-;9-,11+,12+,14-,15-,16-/m11/s1. The van der Waals surface area contributed by atoms with Crippen molar-refractivity contribution >= 4 is 23.4 Å². The number of allylic oxidation sites excluding steroid dienone is 1. The topological polar surface area (TPSA) is 104 Å². The lowest BCUT2D eigenvalue weighted by Crippen LogP contribution is -2.66. The Morgan fingerprint density at radius 2 is 1.33 bits per heavy atom. The maximum absolute atomic E-state index is 11.3. The summed E-state index contributed by atoms with van der Waals surface area (Å²) in [6.45, 7) is 12.5. The van der Waals surface area contributed by atoms with Gasteiger partial charge < -0.3 is 18.9 Å². The van der Waals surface area contributed by atoms with Crippen molar-refractivity contribution in [1.29, 1.82) is 0 Å². The number of ether oxygens (including phenoxy) is 4. The maximum atomic E-state index is 11.3. The van der Waals surface area contributed by atoms with E-state index in [1.165, 1.54) is 12.0 Å². The minimum atomic E-state index is -0.781. The summed E-state index contributed by atoms with van der Waals surface area (Å²) in [5.74, 6) is 1.97. The molecule has 1 aromatic heterocycles. The Balaban J connectivity index is 0.000000135. The number of aldehydes is 1. The molecule has 10 aliphatic rings. The molecule has 0 unspecified atom stereocenters. The van der Waals surface area contributed by atoms with Gasteiger partial charge in [-0.05, 0) is 89.2 Å². The van der Waals surface area contributed by atoms with E-state index in [1.807, 2.05) is 32.3 Å². The lowest BCUT2D eigenvalue weighted by atomic mass is 9.59. The number of hydrogen-bond donors (Lipinski definition) is 0. The molecule has 4 bridgehead atoms. The molecule has 12 atom stereocenters. The molecule has 11 heteroatoms. The predicted molar refractivity (Wildman–Crippen MR) is 161 cm³/mol. The largest absolute Gasteiger partial charge is 0.458 e. The number of hydrogen-bond acceptors (Lipinski definition) is 11. The third-order valence-corrected chi connectivity index (χ3v) is 13.2. The Kier molecular flexibility index (Phi) is 7.16. The van der Waals surface area contributed by atoms with Crippen molar-refractivity contribution in [3.8, 4) is 0 Å². The summed E-state index contributed by atoms with van der Waals surface area (Å²) in [5, 5.41) is 2.91. The Bertz CT molecular complexity index is 1410. The van der Waals surface area contributed by atoms with Crippen molar-refractivity contribution in [3.05, 3.63) is 33.5 Å². The third kappa shape index (κ3) is 4.34. The van der Waals surface area contributed by atoms with Crippen LogP contribution in [-0.4, -0.2) is 46.6 Å². The van der Waals surface area contributed by atoms with Crippen molar-refractivity contribution < 1.29 is 43.3 Å². The summed E-state index contributed by atoms with van der Waals surface area (Å²) >= 11 is 1.60. The normalized spacial score (nSPS) is 49.4. The fourth-order valence-electron chi connectivity index (χ4n) is 9.92. The summed E-state index contributed by atoms with van der Waals surface area (Å²) in [4.78, 5) is 39.4. The highest BCUT2D eigenvalue weighted by atomic mass is 32.1. The Morgan fingerprint density at radius 1 is 0.778 bits per heavy atom. The Hall–Kier alpha value is -1.86. The van der Waals surface area contributed by atoms with Gasteiger partial charge in [0.25, 0.3) is 0 Å². The van der Waals surface area contributed by atoms with Crippen molar-refractivity contribution in [3.63, 3.8) is 0 Å². The van der Waals surface area contributed by atoms with E-state index in [4.69, 9.17) is 38.5 Å². The van der Waals surface area contributed by atoms with Crippen LogP contribution in [0, 0.1) is 35.5 Å². The molecule has 0 amide bonds. The van der Waals surface area contributed by atoms with Crippen molar-refractivity contribution in [2.75, 3.05) is 0 Å². The van der Waals surface area contributed by atoms with E-state index in [2.05, 4.69) is 25.8 Å². The van der Waals surface area contributed by atoms with Crippen LogP contribution in [0.25, 0.3) is 5.76 Å². The molecular weight excluding hydrogens is 598 g/mol. The Morgan fingerprint density at radius 3 is 1.87 bits per heavy atom. The van der Waals surface area contributed by atoms with Crippen LogP contribution < -0.4 is 0 Å². The zero-order chi connectivity index (χ0) is 31.4. The van der Waals surface area contributed by atoms with E-state index in [9.17, 15) is 4.79 Å². The number of carbonyl (C=O) groups is 1. The van der Waals surface area contributed by atoms with Gasteiger partial charge in [-0.15, -0.1) is 11.3 Å². The molecule has 9 heterocycles. The predicted octanol–water partition coefficient (Wildman–Crippen LogP) is 6.83. The molecule has 0 aromatic carbocycles. The first-order valence-electron chi connectivity index (χ1n) is 16.7. The fraction of sp³-hybridized carbons (Fsp3) is 0.765. The molecule has 0 radical (unpaired) electrons. The van der Waals surface area contributed by atoms with Crippen molar-refractivity contribution in [2.24, 2.45) is 35.5 Å². The SMILES string of the molecule is CC1=C(C=O)O[C@@H]2O[C@@]3(C)CC[C@H]4[C@H](C)CC[C@@H]1[C@@]24OO3.CC1=C(c2nccs2)O[C@@H]2O[C@@]3(C)CC[C@H]4[C@H](C)CC[C@@H]1[C@@]24OO3. The number of carbonyl (C=O) groups excluding carboxylic acids is 1. The molecule has 8 fully saturated rings. The first-order valence-corrected chi connectivity index (χ1v) is 17.6. The summed E-state index contributed by atoms with van der Waals surface area (Å²) < 4.78 is 24.7. The van der Waals surface area contributed by atoms with E-state index in [0.29, 0.717) is 29.4 Å². The van der Waals surface area contributed by atoms with Crippen LogP contribution in [0.15, 0.2) is 28.5 Å². The second-order valence-electron chi connectivity index (χ2n) is 15.0. The molecule has 246 valence electrons. The molecule has 2 aliphatic carbocycles. The quantitative estimate of drug-likeness (QED) is 0.252. The fourth-order valence-corrected chi connectivity index (χ4v) is 10.6. The van der Waals surface area contributed by atoms with Gasteiger partial charge in [-0.2, -0.15) is 0 Å². The minimum Gasteiger partial charge on any atom is -0.458 e. The summed E-state index contributed by atoms with van der Waals surface area (Å²) in [6, 6.07) is 0. The van der Waals surface area contributed by atoms with Crippen molar-refractivity contribution in [1.82, 2.24) is 4.98 Å². The van der Waals surface area contributed by atoms with Gasteiger partial charge >= 0.3 is 0 Å². The van der Waals surface area contributed by atoms with Crippen LogP contribution in [0.3, 0.4) is 0 Å². The number of nitrogens with zero attached hydrogens (tertiary/aromatic N) is 1. The van der Waals surface area contributed by atoms with Crippen LogP contribution in [0.1, 0.15) is 97.9 Å². The first kappa shape index (κ1) is 30.5. The van der Waals surface area contributed by atoms with Crippen LogP contribution in [-0.2, 0) is 43.3 Å². The second-order valence-corrected chi connectivity index (χ2v) is 15.9. The van der Waals surface area contributed by atoms with E-state index in [1.54, 1.807) is 11.3 Å². The number of aromatic nitrogens is 1. The van der Waals surface area contributed by atoms with E-state index in [-0.39, 0.29) is 11.8 Å². The second kappa shape index (κ2) is 10.6. The summed E-state index contributed by atoms with van der Waals surface area (Å²) in [7, 11) is 0. The molecule has 8 aliphatic heterocycles. The average molecular weight is 644 g/mol. The molecule has 0 N–H and O–H groups in total. The van der Waals surface area contributed by atoms with Gasteiger partial charge in [0, 0.05) is 48.1 Å². The minimum absolute atomic E-state index is 0.125. The van der Waals surface area contributed by atoms with Crippen LogP contribution in [0.4, 0.5) is 0 Å². The average Bonchev–Trinajstić information content (AvgIpc) is 3.33. The van der Waals surface area contributed by atoms with Crippen LogP contribution in [0.2, 0.25) is 0 Å². The summed E-state index contributed by atoms with van der Waals surface area (Å²) in [6.07, 6.45) is 9.67. The molecular formula is C34H45NO9S. The molecule has 10 nitrogen and oxygen atoms in total. The Labute approximate surface area is 268 Å². The number of rotatable bonds is 2. The van der Waals surface area contributed by atoms with Crippen LogP contribution >= 0.6 is 11.3 Å². The molecule has 2 saturated carbocycles. The molecule has 2 spiro atoms. The van der Waals surface area contributed by atoms with E-state index >= 15 is 0 Å². The van der Waals surface area contributed by atoms with E-state index < -0.39 is 35.4 Å². The van der Waals surface area contributed by atoms with Gasteiger partial charge in [-0.1, -0.05) is 13.8 Å². The zero-order valence-corrected chi connectivity index (χ0v) is 27.9. The molecule has 11 rings (SSSR count). The smallest absolute Gasteiger partial charge is 0.236 e. The third-order valence-electron chi connectivity index (χ3n) is 12.4. The van der Waals surface area contributed by atoms with Gasteiger partial charge in [0.2, 0.25) is 24.2 Å². The van der Waals surface area contributed by atoms with Gasteiger partial charge in [0.15, 0.2) is 34.0 Å². The monoisotopic (exact) mass is 643 g/mol. The number of thiazole rings is 1. The molecule has 1 aromatic rings. The maximum Gasteiger partial charge on any atom is 0.236 e. The van der Waals surface area contributed by atoms with Crippen LogP contribution in [0.5, 0.6) is 0 Å². The highest BCUT2D eigenvalue weighted by Gasteiger charge is 2.69. The summed E-state index contributed by atoms with van der Waals surface area (Å²) in [5.41, 5.74) is 1.05. The highest BCUT2D eigenvalue weighted by Crippen LogP contribution is 2.62. The van der Waals surface area contributed by atoms with E-state index in [0.717, 1.165) is 67.6 Å². The van der Waals surface area contributed by atoms with Gasteiger partial charge in [0.05, 0.1) is 0 Å². The lowest BCUT2D eigenvalue weighted by Gasteiger charge is -2.57. The molecule has 45 heavy (non-hydrogen) atoms. The molecule has 6 saturated heterocycles. The first-order chi connectivity index (χ1) is 21.5. The van der Waals surface area contributed by atoms with Gasteiger partial charge in [0.1, 0.15) is 0 Å². The lowest BCUT2D eigenvalue weighted by molar-refractivity contribution is -0.555.